The third-order valence-corrected chi connectivity index (χ3v) is 6.27. The lowest BCUT2D eigenvalue weighted by Gasteiger charge is -2.44. The molecule has 0 radical (unpaired) electrons. The van der Waals surface area contributed by atoms with Crippen LogP contribution >= 0.6 is 15.9 Å². The maximum atomic E-state index is 6.68. The van der Waals surface area contributed by atoms with Crippen molar-refractivity contribution < 1.29 is 4.74 Å². The second-order valence-electron chi connectivity index (χ2n) is 7.41. The number of aliphatic imine (C=N–C) groups is 1. The van der Waals surface area contributed by atoms with Crippen molar-refractivity contribution in [3.05, 3.63) is 58.8 Å². The maximum absolute atomic E-state index is 6.68. The molecule has 0 bridgehead atoms. The normalized spacial score (nSPS) is 22.4. The monoisotopic (exact) mass is 407 g/mol. The zero-order valence-electron chi connectivity index (χ0n) is 14.8. The Balaban J connectivity index is 1.71. The van der Waals surface area contributed by atoms with Crippen LogP contribution in [0.2, 0.25) is 0 Å². The fraction of sp³-hybridized carbons (Fsp3) is 0.238. The van der Waals surface area contributed by atoms with E-state index < -0.39 is 5.72 Å². The van der Waals surface area contributed by atoms with Gasteiger partial charge < -0.3 is 9.64 Å². The van der Waals surface area contributed by atoms with Crippen LogP contribution in [-0.4, -0.2) is 24.0 Å². The number of anilines is 1. The Hall–Kier alpha value is -2.40. The highest BCUT2D eigenvalue weighted by Gasteiger charge is 2.58. The van der Waals surface area contributed by atoms with E-state index in [4.69, 9.17) is 9.73 Å². The SMILES string of the molecule is CN1c2ccc(Br)cc2C(C)(C)C12C=Nc1c(ccc3cnccc13)O2. The van der Waals surface area contributed by atoms with Crippen LogP contribution in [0.1, 0.15) is 19.4 Å². The van der Waals surface area contributed by atoms with Gasteiger partial charge in [-0.05, 0) is 55.8 Å². The quantitative estimate of drug-likeness (QED) is 0.512. The van der Waals surface area contributed by atoms with E-state index in [1.807, 2.05) is 30.6 Å². The topological polar surface area (TPSA) is 37.7 Å². The second kappa shape index (κ2) is 5.07. The molecule has 3 aromatic rings. The van der Waals surface area contributed by atoms with E-state index in [-0.39, 0.29) is 5.41 Å². The van der Waals surface area contributed by atoms with Crippen LogP contribution in [0.25, 0.3) is 10.8 Å². The van der Waals surface area contributed by atoms with Crippen LogP contribution < -0.4 is 9.64 Å². The molecule has 0 fully saturated rings. The van der Waals surface area contributed by atoms with E-state index >= 15 is 0 Å². The first-order valence-corrected chi connectivity index (χ1v) is 9.38. The molecule has 1 unspecified atom stereocenters. The standard InChI is InChI=1S/C21H18BrN3O/c1-20(2)16-10-14(22)5-6-17(16)25(3)21(20)12-24-19-15-8-9-23-11-13(15)4-7-18(19)26-21/h4-12H,1-3H3. The van der Waals surface area contributed by atoms with Crippen molar-refractivity contribution in [3.8, 4) is 5.75 Å². The Morgan fingerprint density at radius 1 is 1.12 bits per heavy atom. The fourth-order valence-corrected chi connectivity index (χ4v) is 4.59. The highest BCUT2D eigenvalue weighted by atomic mass is 79.9. The van der Waals surface area contributed by atoms with E-state index in [0.717, 1.165) is 32.4 Å². The summed E-state index contributed by atoms with van der Waals surface area (Å²) in [6.07, 6.45) is 5.61. The first-order chi connectivity index (χ1) is 12.4. The zero-order valence-corrected chi connectivity index (χ0v) is 16.4. The molecule has 5 rings (SSSR count). The lowest BCUT2D eigenvalue weighted by atomic mass is 9.77. The first kappa shape index (κ1) is 15.8. The number of ether oxygens (including phenoxy) is 1. The number of fused-ring (bicyclic) bond motifs is 4. The lowest BCUT2D eigenvalue weighted by molar-refractivity contribution is 0.0826. The average Bonchev–Trinajstić information content (AvgIpc) is 2.80. The van der Waals surface area contributed by atoms with Crippen LogP contribution in [0.3, 0.4) is 0 Å². The molecule has 1 atom stereocenters. The number of aromatic nitrogens is 1. The molecule has 2 aromatic carbocycles. The maximum Gasteiger partial charge on any atom is 0.228 e. The molecule has 5 heteroatoms. The smallest absolute Gasteiger partial charge is 0.228 e. The van der Waals surface area contributed by atoms with Gasteiger partial charge in [0.05, 0.1) is 11.6 Å². The number of halogens is 1. The summed E-state index contributed by atoms with van der Waals surface area (Å²) < 4.78 is 7.75. The molecule has 3 heterocycles. The Labute approximate surface area is 160 Å². The van der Waals surface area contributed by atoms with Crippen molar-refractivity contribution in [1.29, 1.82) is 0 Å². The third kappa shape index (κ3) is 1.84. The molecule has 2 aliphatic heterocycles. The van der Waals surface area contributed by atoms with E-state index in [9.17, 15) is 0 Å². The van der Waals surface area contributed by atoms with Gasteiger partial charge >= 0.3 is 0 Å². The van der Waals surface area contributed by atoms with Crippen molar-refractivity contribution in [1.82, 2.24) is 4.98 Å². The third-order valence-electron chi connectivity index (χ3n) is 5.78. The zero-order chi connectivity index (χ0) is 18.1. The van der Waals surface area contributed by atoms with Crippen molar-refractivity contribution in [2.24, 2.45) is 4.99 Å². The van der Waals surface area contributed by atoms with E-state index in [1.165, 1.54) is 5.56 Å². The predicted octanol–water partition coefficient (Wildman–Crippen LogP) is 5.22. The van der Waals surface area contributed by atoms with Gasteiger partial charge in [-0.25, -0.2) is 0 Å². The largest absolute Gasteiger partial charge is 0.459 e. The van der Waals surface area contributed by atoms with Crippen molar-refractivity contribution in [2.45, 2.75) is 25.0 Å². The molecule has 1 spiro atoms. The van der Waals surface area contributed by atoms with Crippen molar-refractivity contribution in [3.63, 3.8) is 0 Å². The number of hydrogen-bond donors (Lipinski definition) is 0. The van der Waals surface area contributed by atoms with Gasteiger partial charge in [-0.15, -0.1) is 0 Å². The summed E-state index contributed by atoms with van der Waals surface area (Å²) >= 11 is 3.60. The molecule has 0 amide bonds. The molecule has 0 aliphatic carbocycles. The molecule has 0 saturated heterocycles. The Morgan fingerprint density at radius 2 is 1.96 bits per heavy atom. The van der Waals surface area contributed by atoms with Crippen LogP contribution in [0.4, 0.5) is 11.4 Å². The van der Waals surface area contributed by atoms with Gasteiger partial charge in [-0.2, -0.15) is 0 Å². The highest BCUT2D eigenvalue weighted by Crippen LogP contribution is 2.54. The van der Waals surface area contributed by atoms with Crippen molar-refractivity contribution in [2.75, 3.05) is 11.9 Å². The molecule has 130 valence electrons. The van der Waals surface area contributed by atoms with E-state index in [2.05, 4.69) is 64.9 Å². The summed E-state index contributed by atoms with van der Waals surface area (Å²) in [5, 5.41) is 2.12. The molecular weight excluding hydrogens is 390 g/mol. The van der Waals surface area contributed by atoms with Crippen molar-refractivity contribution >= 4 is 44.3 Å². The van der Waals surface area contributed by atoms with Crippen LogP contribution in [0.5, 0.6) is 5.75 Å². The second-order valence-corrected chi connectivity index (χ2v) is 8.33. The molecule has 0 saturated carbocycles. The van der Waals surface area contributed by atoms with Crippen LogP contribution in [0, 0.1) is 0 Å². The Kier molecular flexibility index (Phi) is 3.09. The molecule has 4 nitrogen and oxygen atoms in total. The lowest BCUT2D eigenvalue weighted by Crippen LogP contribution is -2.61. The number of rotatable bonds is 0. The molecule has 1 aromatic heterocycles. The minimum atomic E-state index is -0.663. The summed E-state index contributed by atoms with van der Waals surface area (Å²) in [4.78, 5) is 11.3. The Morgan fingerprint density at radius 3 is 2.81 bits per heavy atom. The number of hydrogen-bond acceptors (Lipinski definition) is 4. The predicted molar refractivity (Wildman–Crippen MR) is 109 cm³/mol. The number of pyridine rings is 1. The Bertz CT molecular complexity index is 1090. The highest BCUT2D eigenvalue weighted by molar-refractivity contribution is 9.10. The van der Waals surface area contributed by atoms with E-state index in [1.54, 1.807) is 6.20 Å². The fourth-order valence-electron chi connectivity index (χ4n) is 4.23. The summed E-state index contributed by atoms with van der Waals surface area (Å²) in [7, 11) is 2.07. The van der Waals surface area contributed by atoms with Gasteiger partial charge in [-0.3, -0.25) is 9.98 Å². The van der Waals surface area contributed by atoms with E-state index in [0.29, 0.717) is 0 Å². The van der Waals surface area contributed by atoms with Gasteiger partial charge in [0.1, 0.15) is 11.4 Å². The van der Waals surface area contributed by atoms with Gasteiger partial charge in [0, 0.05) is 40.4 Å². The summed E-state index contributed by atoms with van der Waals surface area (Å²) in [6.45, 7) is 4.42. The van der Waals surface area contributed by atoms with Gasteiger partial charge in [0.2, 0.25) is 5.72 Å². The average molecular weight is 408 g/mol. The van der Waals surface area contributed by atoms with Gasteiger partial charge in [0.15, 0.2) is 0 Å². The van der Waals surface area contributed by atoms with Gasteiger partial charge in [-0.1, -0.05) is 15.9 Å². The van der Waals surface area contributed by atoms with Crippen LogP contribution in [-0.2, 0) is 5.41 Å². The molecular formula is C21H18BrN3O. The summed E-state index contributed by atoms with van der Waals surface area (Å²) in [5.74, 6) is 0.804. The molecule has 0 N–H and O–H groups in total. The minimum absolute atomic E-state index is 0.269. The molecule has 26 heavy (non-hydrogen) atoms. The summed E-state index contributed by atoms with van der Waals surface area (Å²) in [6, 6.07) is 12.4. The molecule has 2 aliphatic rings. The van der Waals surface area contributed by atoms with Gasteiger partial charge in [0.25, 0.3) is 0 Å². The summed E-state index contributed by atoms with van der Waals surface area (Å²) in [5.41, 5.74) is 2.35. The number of nitrogens with zero attached hydrogens (tertiary/aromatic N) is 3. The number of benzene rings is 2. The minimum Gasteiger partial charge on any atom is -0.459 e. The first-order valence-electron chi connectivity index (χ1n) is 8.59. The van der Waals surface area contributed by atoms with Crippen LogP contribution in [0.15, 0.2) is 58.3 Å². The number of likely N-dealkylation sites (N-methyl/N-ethyl adjacent to an activating group) is 1.